The zero-order valence-electron chi connectivity index (χ0n) is 17.3. The summed E-state index contributed by atoms with van der Waals surface area (Å²) in [6.07, 6.45) is 0. The number of carbonyl (C=O) groups excluding carboxylic acids is 1. The highest BCUT2D eigenvalue weighted by atomic mass is 16.5. The number of carbonyl (C=O) groups is 2. The maximum absolute atomic E-state index is 12.5. The van der Waals surface area contributed by atoms with E-state index in [0.717, 1.165) is 0 Å². The first-order valence-electron chi connectivity index (χ1n) is 9.45. The smallest absolute Gasteiger partial charge is 0.335 e. The van der Waals surface area contributed by atoms with Gasteiger partial charge >= 0.3 is 5.97 Å². The van der Waals surface area contributed by atoms with Crippen molar-refractivity contribution in [2.24, 2.45) is 0 Å². The van der Waals surface area contributed by atoms with Crippen molar-refractivity contribution in [1.82, 2.24) is 4.90 Å². The molecule has 0 heterocycles. The first-order valence-corrected chi connectivity index (χ1v) is 9.45. The lowest BCUT2D eigenvalue weighted by Gasteiger charge is -2.30. The molecule has 0 saturated heterocycles. The van der Waals surface area contributed by atoms with Crippen molar-refractivity contribution in [3.8, 4) is 29.0 Å². The van der Waals surface area contributed by atoms with Crippen LogP contribution < -0.4 is 4.74 Å². The monoisotopic (exact) mass is 405 g/mol. The van der Waals surface area contributed by atoms with Crippen LogP contribution in [0.4, 0.5) is 0 Å². The van der Waals surface area contributed by atoms with Crippen molar-refractivity contribution in [1.29, 1.82) is 10.5 Å². The second-order valence-electron chi connectivity index (χ2n) is 7.28. The lowest BCUT2D eigenvalue weighted by Crippen LogP contribution is -2.44. The van der Waals surface area contributed by atoms with E-state index < -0.39 is 5.97 Å². The fourth-order valence-electron chi connectivity index (χ4n) is 3.30. The van der Waals surface area contributed by atoms with Crippen LogP contribution in [0.2, 0.25) is 0 Å². The van der Waals surface area contributed by atoms with Crippen LogP contribution in [0.1, 0.15) is 49.2 Å². The predicted molar refractivity (Wildman–Crippen MR) is 111 cm³/mol. The second kappa shape index (κ2) is 9.58. The van der Waals surface area contributed by atoms with Gasteiger partial charge in [-0.25, -0.2) is 4.79 Å². The molecule has 2 aromatic rings. The van der Waals surface area contributed by atoms with Crippen LogP contribution in [0.25, 0.3) is 11.1 Å². The summed E-state index contributed by atoms with van der Waals surface area (Å²) >= 11 is 0. The topological polar surface area (TPSA) is 114 Å². The van der Waals surface area contributed by atoms with E-state index in [2.05, 4.69) is 6.07 Å². The minimum atomic E-state index is -1.05. The molecule has 0 spiro atoms. The van der Waals surface area contributed by atoms with Gasteiger partial charge in [0.05, 0.1) is 22.8 Å². The van der Waals surface area contributed by atoms with Gasteiger partial charge in [-0.1, -0.05) is 12.1 Å². The summed E-state index contributed by atoms with van der Waals surface area (Å²) in [6.45, 7) is 7.41. The Morgan fingerprint density at radius 2 is 1.57 bits per heavy atom. The number of nitriles is 2. The SMILES string of the molecule is CC(C)N(C(=O)COc1cc(C#N)c(-c2ccc(C(=O)O)cc2)cc1C#N)C(C)C. The van der Waals surface area contributed by atoms with Crippen molar-refractivity contribution in [2.45, 2.75) is 39.8 Å². The number of nitrogens with zero attached hydrogens (tertiary/aromatic N) is 3. The minimum Gasteiger partial charge on any atom is -0.482 e. The van der Waals surface area contributed by atoms with E-state index in [4.69, 9.17) is 9.84 Å². The highest BCUT2D eigenvalue weighted by molar-refractivity contribution is 5.88. The molecule has 7 nitrogen and oxygen atoms in total. The van der Waals surface area contributed by atoms with E-state index in [0.29, 0.717) is 11.1 Å². The van der Waals surface area contributed by atoms with Gasteiger partial charge in [-0.2, -0.15) is 10.5 Å². The van der Waals surface area contributed by atoms with Gasteiger partial charge in [0.15, 0.2) is 6.61 Å². The summed E-state index contributed by atoms with van der Waals surface area (Å²) in [6, 6.07) is 13.1. The molecule has 1 amide bonds. The van der Waals surface area contributed by atoms with Crippen LogP contribution in [-0.4, -0.2) is 40.6 Å². The first-order chi connectivity index (χ1) is 14.2. The molecule has 0 aliphatic rings. The van der Waals surface area contributed by atoms with Gasteiger partial charge in [0, 0.05) is 17.6 Å². The molecule has 2 rings (SSSR count). The molecule has 0 unspecified atom stereocenters. The molecule has 154 valence electrons. The average molecular weight is 405 g/mol. The second-order valence-corrected chi connectivity index (χ2v) is 7.28. The molecular formula is C23H23N3O4. The molecule has 0 bridgehead atoms. The molecule has 2 aromatic carbocycles. The number of amides is 1. The van der Waals surface area contributed by atoms with Crippen LogP contribution in [0.15, 0.2) is 36.4 Å². The van der Waals surface area contributed by atoms with Crippen molar-refractivity contribution < 1.29 is 19.4 Å². The molecule has 0 aromatic heterocycles. The standard InChI is InChI=1S/C23H23N3O4/c1-14(2)26(15(3)4)22(27)13-30-21-10-18(11-24)20(9-19(21)12-25)16-5-7-17(8-6-16)23(28)29/h5-10,14-15H,13H2,1-4H3,(H,28,29). The summed E-state index contributed by atoms with van der Waals surface area (Å²) in [5.41, 5.74) is 1.64. The Balaban J connectivity index is 2.35. The van der Waals surface area contributed by atoms with E-state index in [-0.39, 0.29) is 47.0 Å². The minimum absolute atomic E-state index is 0.00218. The Hall–Kier alpha value is -3.84. The normalized spacial score (nSPS) is 10.4. The highest BCUT2D eigenvalue weighted by Gasteiger charge is 2.21. The lowest BCUT2D eigenvalue weighted by molar-refractivity contribution is -0.137. The summed E-state index contributed by atoms with van der Waals surface area (Å²) < 4.78 is 5.61. The summed E-state index contributed by atoms with van der Waals surface area (Å²) in [5.74, 6) is -1.11. The number of benzene rings is 2. The number of ether oxygens (including phenoxy) is 1. The van der Waals surface area contributed by atoms with Gasteiger partial charge in [-0.15, -0.1) is 0 Å². The molecule has 0 radical (unpaired) electrons. The Morgan fingerprint density at radius 3 is 2.03 bits per heavy atom. The van der Waals surface area contributed by atoms with Crippen molar-refractivity contribution in [3.63, 3.8) is 0 Å². The number of rotatable bonds is 7. The fourth-order valence-corrected chi connectivity index (χ4v) is 3.30. The summed E-state index contributed by atoms with van der Waals surface area (Å²) in [7, 11) is 0. The van der Waals surface area contributed by atoms with Gasteiger partial charge in [0.1, 0.15) is 11.8 Å². The summed E-state index contributed by atoms with van der Waals surface area (Å²) in [4.78, 5) is 25.3. The van der Waals surface area contributed by atoms with Crippen LogP contribution in [0.3, 0.4) is 0 Å². The van der Waals surface area contributed by atoms with Crippen molar-refractivity contribution in [2.75, 3.05) is 6.61 Å². The zero-order chi connectivity index (χ0) is 22.4. The molecule has 0 aliphatic heterocycles. The van der Waals surface area contributed by atoms with Crippen LogP contribution in [0.5, 0.6) is 5.75 Å². The number of hydrogen-bond acceptors (Lipinski definition) is 5. The van der Waals surface area contributed by atoms with Gasteiger partial charge in [-0.05, 0) is 57.5 Å². The van der Waals surface area contributed by atoms with Gasteiger partial charge in [0.25, 0.3) is 5.91 Å². The van der Waals surface area contributed by atoms with E-state index >= 15 is 0 Å². The average Bonchev–Trinajstić information content (AvgIpc) is 2.71. The van der Waals surface area contributed by atoms with Crippen LogP contribution in [-0.2, 0) is 4.79 Å². The van der Waals surface area contributed by atoms with Crippen molar-refractivity contribution >= 4 is 11.9 Å². The largest absolute Gasteiger partial charge is 0.482 e. The maximum Gasteiger partial charge on any atom is 0.335 e. The van der Waals surface area contributed by atoms with Gasteiger partial charge < -0.3 is 14.7 Å². The Morgan fingerprint density at radius 1 is 1.00 bits per heavy atom. The molecule has 1 N–H and O–H groups in total. The van der Waals surface area contributed by atoms with Crippen LogP contribution >= 0.6 is 0 Å². The van der Waals surface area contributed by atoms with Crippen molar-refractivity contribution in [3.05, 3.63) is 53.1 Å². The lowest BCUT2D eigenvalue weighted by atomic mass is 9.96. The molecule has 0 atom stereocenters. The predicted octanol–water partition coefficient (Wildman–Crippen LogP) is 3.82. The number of hydrogen-bond donors (Lipinski definition) is 1. The molecule has 7 heteroatoms. The Labute approximate surface area is 175 Å². The highest BCUT2D eigenvalue weighted by Crippen LogP contribution is 2.31. The molecule has 0 fully saturated rings. The summed E-state index contributed by atoms with van der Waals surface area (Å²) in [5, 5.41) is 28.1. The Bertz CT molecular complexity index is 1020. The third-order valence-corrected chi connectivity index (χ3v) is 4.56. The third-order valence-electron chi connectivity index (χ3n) is 4.56. The maximum atomic E-state index is 12.5. The number of carboxylic acids is 1. The number of aromatic carboxylic acids is 1. The van der Waals surface area contributed by atoms with Gasteiger partial charge in [0.2, 0.25) is 0 Å². The third kappa shape index (κ3) is 4.95. The van der Waals surface area contributed by atoms with Gasteiger partial charge in [-0.3, -0.25) is 4.79 Å². The van der Waals surface area contributed by atoms with Crippen LogP contribution in [0, 0.1) is 22.7 Å². The zero-order valence-corrected chi connectivity index (χ0v) is 17.3. The first kappa shape index (κ1) is 22.4. The quantitative estimate of drug-likeness (QED) is 0.749. The van der Waals surface area contributed by atoms with E-state index in [1.54, 1.807) is 17.0 Å². The van der Waals surface area contributed by atoms with E-state index in [9.17, 15) is 20.1 Å². The molecule has 30 heavy (non-hydrogen) atoms. The number of carboxylic acid groups (broad SMARTS) is 1. The van der Waals surface area contributed by atoms with E-state index in [1.165, 1.54) is 24.3 Å². The van der Waals surface area contributed by atoms with E-state index in [1.807, 2.05) is 33.8 Å². The molecular weight excluding hydrogens is 382 g/mol. The fraction of sp³-hybridized carbons (Fsp3) is 0.304. The molecule has 0 aliphatic carbocycles. The Kier molecular flexibility index (Phi) is 7.17. The molecule has 0 saturated carbocycles.